The summed E-state index contributed by atoms with van der Waals surface area (Å²) in [6.07, 6.45) is 0. The summed E-state index contributed by atoms with van der Waals surface area (Å²) in [5.41, 5.74) is 1.12. The van der Waals surface area contributed by atoms with E-state index in [9.17, 15) is 4.79 Å². The number of rotatable bonds is 3. The van der Waals surface area contributed by atoms with E-state index >= 15 is 0 Å². The highest BCUT2D eigenvalue weighted by Gasteiger charge is 2.14. The van der Waals surface area contributed by atoms with Crippen molar-refractivity contribution in [3.8, 4) is 0 Å². The Balaban J connectivity index is 1.76. The van der Waals surface area contributed by atoms with Gasteiger partial charge < -0.3 is 5.32 Å². The number of hydrogen-bond acceptors (Lipinski definition) is 3. The van der Waals surface area contributed by atoms with Crippen LogP contribution in [0, 0.1) is 0 Å². The second-order valence-corrected chi connectivity index (χ2v) is 6.40. The summed E-state index contributed by atoms with van der Waals surface area (Å²) in [5, 5.41) is 5.09. The van der Waals surface area contributed by atoms with E-state index in [1.165, 1.54) is 9.40 Å². The van der Waals surface area contributed by atoms with Gasteiger partial charge in [-0.15, -0.1) is 22.7 Å². The second-order valence-electron chi connectivity index (χ2n) is 4.37. The van der Waals surface area contributed by atoms with Crippen molar-refractivity contribution in [2.24, 2.45) is 0 Å². The maximum atomic E-state index is 12.2. The number of fused-ring (bicyclic) bond motifs is 1. The summed E-state index contributed by atoms with van der Waals surface area (Å²) < 4.78 is 2.37. The van der Waals surface area contributed by atoms with Gasteiger partial charge in [-0.1, -0.05) is 30.3 Å². The minimum atomic E-state index is 0.00440. The first kappa shape index (κ1) is 12.4. The van der Waals surface area contributed by atoms with Gasteiger partial charge in [0.15, 0.2) is 0 Å². The Morgan fingerprint density at radius 2 is 1.95 bits per heavy atom. The smallest absolute Gasteiger partial charge is 0.261 e. The lowest BCUT2D eigenvalue weighted by molar-refractivity contribution is 0.0944. The van der Waals surface area contributed by atoms with Crippen molar-refractivity contribution in [2.45, 2.75) is 13.0 Å². The van der Waals surface area contributed by atoms with Crippen LogP contribution in [-0.2, 0) is 0 Å². The predicted octanol–water partition coefficient (Wildman–Crippen LogP) is 4.45. The van der Waals surface area contributed by atoms with E-state index in [1.807, 2.05) is 43.3 Å². The standard InChI is InChI=1S/C15H13NOS2/c1-10(11-5-3-2-4-6-11)16-15(17)14-9-13-12(19-14)7-8-18-13/h2-10H,1H3,(H,16,17)/t10-/m1/s1. The van der Waals surface area contributed by atoms with E-state index in [0.717, 1.165) is 10.4 Å². The molecule has 19 heavy (non-hydrogen) atoms. The van der Waals surface area contributed by atoms with Gasteiger partial charge in [-0.25, -0.2) is 0 Å². The third-order valence-corrected chi connectivity index (χ3v) is 5.10. The van der Waals surface area contributed by atoms with Gasteiger partial charge in [0.1, 0.15) is 0 Å². The molecule has 0 bridgehead atoms. The number of carbonyl (C=O) groups is 1. The van der Waals surface area contributed by atoms with Gasteiger partial charge in [0.25, 0.3) is 5.91 Å². The van der Waals surface area contributed by atoms with Crippen LogP contribution in [0.5, 0.6) is 0 Å². The summed E-state index contributed by atoms with van der Waals surface area (Å²) in [6.45, 7) is 2.00. The molecule has 3 rings (SSSR count). The average molecular weight is 287 g/mol. The zero-order valence-corrected chi connectivity index (χ0v) is 12.1. The first-order chi connectivity index (χ1) is 9.24. The summed E-state index contributed by atoms with van der Waals surface area (Å²) in [6, 6.07) is 14.0. The minimum Gasteiger partial charge on any atom is -0.345 e. The third-order valence-electron chi connectivity index (χ3n) is 3.01. The van der Waals surface area contributed by atoms with Crippen LogP contribution in [0.4, 0.5) is 0 Å². The molecule has 96 valence electrons. The zero-order chi connectivity index (χ0) is 13.2. The Kier molecular flexibility index (Phi) is 3.36. The molecule has 0 saturated heterocycles. The van der Waals surface area contributed by atoms with E-state index in [-0.39, 0.29) is 11.9 Å². The highest BCUT2D eigenvalue weighted by molar-refractivity contribution is 7.27. The normalized spacial score (nSPS) is 12.5. The highest BCUT2D eigenvalue weighted by atomic mass is 32.1. The second kappa shape index (κ2) is 5.15. The largest absolute Gasteiger partial charge is 0.345 e. The molecule has 0 saturated carbocycles. The number of carbonyl (C=O) groups excluding carboxylic acids is 1. The first-order valence-corrected chi connectivity index (χ1v) is 7.76. The molecule has 2 nitrogen and oxygen atoms in total. The van der Waals surface area contributed by atoms with Crippen LogP contribution in [0.15, 0.2) is 47.8 Å². The van der Waals surface area contributed by atoms with Crippen LogP contribution in [-0.4, -0.2) is 5.91 Å². The SMILES string of the molecule is C[C@@H](NC(=O)c1cc2sccc2s1)c1ccccc1. The fraction of sp³-hybridized carbons (Fsp3) is 0.133. The van der Waals surface area contributed by atoms with Gasteiger partial charge in [0.05, 0.1) is 10.9 Å². The van der Waals surface area contributed by atoms with Gasteiger partial charge in [0.2, 0.25) is 0 Å². The van der Waals surface area contributed by atoms with E-state index in [2.05, 4.69) is 16.8 Å². The van der Waals surface area contributed by atoms with Crippen LogP contribution in [0.3, 0.4) is 0 Å². The molecule has 0 aliphatic heterocycles. The lowest BCUT2D eigenvalue weighted by Crippen LogP contribution is -2.25. The summed E-state index contributed by atoms with van der Waals surface area (Å²) >= 11 is 3.22. The molecule has 1 atom stereocenters. The van der Waals surface area contributed by atoms with Gasteiger partial charge >= 0.3 is 0 Å². The van der Waals surface area contributed by atoms with Crippen molar-refractivity contribution in [1.29, 1.82) is 0 Å². The molecule has 1 amide bonds. The quantitative estimate of drug-likeness (QED) is 0.757. The van der Waals surface area contributed by atoms with Crippen molar-refractivity contribution in [2.75, 3.05) is 0 Å². The summed E-state index contributed by atoms with van der Waals surface area (Å²) in [5.74, 6) is 0.00440. The number of nitrogens with one attached hydrogen (secondary N) is 1. The van der Waals surface area contributed by atoms with Crippen LogP contribution < -0.4 is 5.32 Å². The molecule has 0 radical (unpaired) electrons. The van der Waals surface area contributed by atoms with Crippen LogP contribution in [0.25, 0.3) is 9.40 Å². The lowest BCUT2D eigenvalue weighted by atomic mass is 10.1. The fourth-order valence-corrected chi connectivity index (χ4v) is 3.98. The summed E-state index contributed by atoms with van der Waals surface area (Å²) in [7, 11) is 0. The van der Waals surface area contributed by atoms with Crippen molar-refractivity contribution in [3.63, 3.8) is 0 Å². The molecule has 4 heteroatoms. The molecule has 0 aliphatic carbocycles. The molecule has 0 unspecified atom stereocenters. The van der Waals surface area contributed by atoms with Crippen molar-refractivity contribution in [3.05, 3.63) is 58.3 Å². The van der Waals surface area contributed by atoms with Crippen LogP contribution in [0.1, 0.15) is 28.2 Å². The van der Waals surface area contributed by atoms with Gasteiger partial charge in [-0.05, 0) is 30.0 Å². The van der Waals surface area contributed by atoms with Gasteiger partial charge in [-0.2, -0.15) is 0 Å². The summed E-state index contributed by atoms with van der Waals surface area (Å²) in [4.78, 5) is 13.0. The Bertz CT molecular complexity index is 671. The molecule has 2 aromatic heterocycles. The number of thiophene rings is 2. The molecular formula is C15H13NOS2. The van der Waals surface area contributed by atoms with Crippen LogP contribution in [0.2, 0.25) is 0 Å². The van der Waals surface area contributed by atoms with E-state index in [1.54, 1.807) is 22.7 Å². The molecule has 1 N–H and O–H groups in total. The highest BCUT2D eigenvalue weighted by Crippen LogP contribution is 2.30. The Labute approximate surface area is 119 Å². The average Bonchev–Trinajstić information content (AvgIpc) is 3.00. The van der Waals surface area contributed by atoms with E-state index < -0.39 is 0 Å². The van der Waals surface area contributed by atoms with Gasteiger partial charge in [-0.3, -0.25) is 4.79 Å². The third kappa shape index (κ3) is 2.55. The maximum absolute atomic E-state index is 12.2. The molecule has 0 fully saturated rings. The minimum absolute atomic E-state index is 0.00440. The predicted molar refractivity (Wildman–Crippen MR) is 82.0 cm³/mol. The molecule has 0 aliphatic rings. The van der Waals surface area contributed by atoms with Gasteiger partial charge in [0, 0.05) is 9.40 Å². The molecule has 2 heterocycles. The Hall–Kier alpha value is -1.65. The number of benzene rings is 1. The number of hydrogen-bond donors (Lipinski definition) is 1. The number of amides is 1. The monoisotopic (exact) mass is 287 g/mol. The van der Waals surface area contributed by atoms with Crippen LogP contribution >= 0.6 is 22.7 Å². The maximum Gasteiger partial charge on any atom is 0.261 e. The molecule has 3 aromatic rings. The van der Waals surface area contributed by atoms with Crippen molar-refractivity contribution < 1.29 is 4.79 Å². The molecule has 0 spiro atoms. The van der Waals surface area contributed by atoms with E-state index in [4.69, 9.17) is 0 Å². The Morgan fingerprint density at radius 3 is 2.68 bits per heavy atom. The zero-order valence-electron chi connectivity index (χ0n) is 10.4. The fourth-order valence-electron chi connectivity index (χ4n) is 1.97. The van der Waals surface area contributed by atoms with E-state index in [0.29, 0.717) is 0 Å². The Morgan fingerprint density at radius 1 is 1.16 bits per heavy atom. The lowest BCUT2D eigenvalue weighted by Gasteiger charge is -2.13. The van der Waals surface area contributed by atoms with Crippen molar-refractivity contribution >= 4 is 38.0 Å². The first-order valence-electron chi connectivity index (χ1n) is 6.07. The topological polar surface area (TPSA) is 29.1 Å². The van der Waals surface area contributed by atoms with Crippen molar-refractivity contribution in [1.82, 2.24) is 5.32 Å². The molecular weight excluding hydrogens is 274 g/mol. The molecule has 1 aromatic carbocycles.